The SMILES string of the molecule is Cc1ccccc1CN(C(=O)Cc1ccc(Cl)cc1Cl)[C@@H](C)C(=O)NCC(C)C. The fraction of sp³-hybridized carbons (Fsp3) is 0.391. The number of carbonyl (C=O) groups is 2. The van der Waals surface area contributed by atoms with E-state index in [9.17, 15) is 9.59 Å². The van der Waals surface area contributed by atoms with E-state index in [0.29, 0.717) is 34.6 Å². The van der Waals surface area contributed by atoms with Crippen molar-refractivity contribution in [3.05, 3.63) is 69.2 Å². The first-order valence-electron chi connectivity index (χ1n) is 9.74. The molecule has 2 rings (SSSR count). The second-order valence-electron chi connectivity index (χ2n) is 7.68. The fourth-order valence-electron chi connectivity index (χ4n) is 2.94. The first kappa shape index (κ1) is 23.2. The van der Waals surface area contributed by atoms with Gasteiger partial charge in [0.2, 0.25) is 11.8 Å². The fourth-order valence-corrected chi connectivity index (χ4v) is 3.41. The standard InChI is InChI=1S/C23H28Cl2N2O2/c1-15(2)13-26-23(29)17(4)27(14-19-8-6-5-7-16(19)3)22(28)11-18-9-10-20(24)12-21(18)25/h5-10,12,15,17H,11,13-14H2,1-4H3,(H,26,29)/t17-/m0/s1. The van der Waals surface area contributed by atoms with Crippen LogP contribution in [-0.2, 0) is 22.6 Å². The predicted molar refractivity (Wildman–Crippen MR) is 119 cm³/mol. The maximum absolute atomic E-state index is 13.2. The summed E-state index contributed by atoms with van der Waals surface area (Å²) in [5.41, 5.74) is 2.77. The monoisotopic (exact) mass is 434 g/mol. The lowest BCUT2D eigenvalue weighted by Crippen LogP contribution is -2.48. The smallest absolute Gasteiger partial charge is 0.242 e. The van der Waals surface area contributed by atoms with Crippen molar-refractivity contribution in [1.82, 2.24) is 10.2 Å². The van der Waals surface area contributed by atoms with Crippen LogP contribution in [0.4, 0.5) is 0 Å². The van der Waals surface area contributed by atoms with Crippen molar-refractivity contribution in [2.75, 3.05) is 6.54 Å². The van der Waals surface area contributed by atoms with E-state index in [1.807, 2.05) is 45.0 Å². The van der Waals surface area contributed by atoms with Crippen molar-refractivity contribution >= 4 is 35.0 Å². The Hall–Kier alpha value is -2.04. The van der Waals surface area contributed by atoms with Gasteiger partial charge in [-0.15, -0.1) is 0 Å². The summed E-state index contributed by atoms with van der Waals surface area (Å²) in [6, 6.07) is 12.3. The van der Waals surface area contributed by atoms with Crippen LogP contribution in [0.1, 0.15) is 37.5 Å². The number of halogens is 2. The molecule has 4 nitrogen and oxygen atoms in total. The molecule has 0 fully saturated rings. The molecule has 156 valence electrons. The van der Waals surface area contributed by atoms with E-state index in [4.69, 9.17) is 23.2 Å². The van der Waals surface area contributed by atoms with Gasteiger partial charge in [-0.3, -0.25) is 9.59 Å². The Balaban J connectivity index is 2.26. The Morgan fingerprint density at radius 3 is 2.34 bits per heavy atom. The molecule has 2 aromatic rings. The minimum Gasteiger partial charge on any atom is -0.354 e. The molecule has 0 aromatic heterocycles. The molecule has 0 bridgehead atoms. The molecule has 0 radical (unpaired) electrons. The summed E-state index contributed by atoms with van der Waals surface area (Å²) in [7, 11) is 0. The molecule has 0 spiro atoms. The van der Waals surface area contributed by atoms with Gasteiger partial charge < -0.3 is 10.2 Å². The average Bonchev–Trinajstić information content (AvgIpc) is 2.67. The molecule has 0 aliphatic heterocycles. The average molecular weight is 435 g/mol. The van der Waals surface area contributed by atoms with Gasteiger partial charge in [0, 0.05) is 23.1 Å². The van der Waals surface area contributed by atoms with Crippen LogP contribution in [-0.4, -0.2) is 29.3 Å². The zero-order valence-corrected chi connectivity index (χ0v) is 18.8. The Morgan fingerprint density at radius 2 is 1.72 bits per heavy atom. The topological polar surface area (TPSA) is 49.4 Å². The van der Waals surface area contributed by atoms with E-state index in [-0.39, 0.29) is 18.2 Å². The summed E-state index contributed by atoms with van der Waals surface area (Å²) in [6.45, 7) is 8.74. The first-order chi connectivity index (χ1) is 13.7. The highest BCUT2D eigenvalue weighted by molar-refractivity contribution is 6.35. The predicted octanol–water partition coefficient (Wildman–Crippen LogP) is 5.03. The molecule has 0 unspecified atom stereocenters. The van der Waals surface area contributed by atoms with Crippen molar-refractivity contribution in [3.63, 3.8) is 0 Å². The lowest BCUT2D eigenvalue weighted by atomic mass is 10.1. The first-order valence-corrected chi connectivity index (χ1v) is 10.5. The van der Waals surface area contributed by atoms with E-state index < -0.39 is 6.04 Å². The van der Waals surface area contributed by atoms with Crippen molar-refractivity contribution in [2.24, 2.45) is 5.92 Å². The molecule has 29 heavy (non-hydrogen) atoms. The van der Waals surface area contributed by atoms with Gasteiger partial charge in [0.1, 0.15) is 6.04 Å². The van der Waals surface area contributed by atoms with Crippen molar-refractivity contribution in [1.29, 1.82) is 0 Å². The van der Waals surface area contributed by atoms with Crippen LogP contribution in [0, 0.1) is 12.8 Å². The van der Waals surface area contributed by atoms with Crippen LogP contribution in [0.3, 0.4) is 0 Å². The van der Waals surface area contributed by atoms with Crippen LogP contribution in [0.25, 0.3) is 0 Å². The molecule has 1 atom stereocenters. The molecule has 2 aromatic carbocycles. The number of amides is 2. The van der Waals surface area contributed by atoms with E-state index >= 15 is 0 Å². The van der Waals surface area contributed by atoms with Crippen LogP contribution < -0.4 is 5.32 Å². The number of nitrogens with zero attached hydrogens (tertiary/aromatic N) is 1. The van der Waals surface area contributed by atoms with Gasteiger partial charge in [-0.25, -0.2) is 0 Å². The largest absolute Gasteiger partial charge is 0.354 e. The normalized spacial score (nSPS) is 12.0. The van der Waals surface area contributed by atoms with Crippen molar-refractivity contribution < 1.29 is 9.59 Å². The number of nitrogens with one attached hydrogen (secondary N) is 1. The number of hydrogen-bond donors (Lipinski definition) is 1. The van der Waals surface area contributed by atoms with Gasteiger partial charge in [-0.05, 0) is 48.6 Å². The Bertz CT molecular complexity index is 868. The summed E-state index contributed by atoms with van der Waals surface area (Å²) < 4.78 is 0. The molecular formula is C23H28Cl2N2O2. The quantitative estimate of drug-likeness (QED) is 0.632. The molecule has 0 saturated carbocycles. The lowest BCUT2D eigenvalue weighted by Gasteiger charge is -2.29. The summed E-state index contributed by atoms with van der Waals surface area (Å²) in [4.78, 5) is 27.5. The molecule has 2 amide bonds. The number of benzene rings is 2. The van der Waals surface area contributed by atoms with E-state index in [0.717, 1.165) is 11.1 Å². The zero-order valence-electron chi connectivity index (χ0n) is 17.3. The molecule has 6 heteroatoms. The molecule has 0 heterocycles. The van der Waals surface area contributed by atoms with Crippen LogP contribution in [0.2, 0.25) is 10.0 Å². The second-order valence-corrected chi connectivity index (χ2v) is 8.52. The van der Waals surface area contributed by atoms with Crippen LogP contribution >= 0.6 is 23.2 Å². The molecular weight excluding hydrogens is 407 g/mol. The van der Waals surface area contributed by atoms with Crippen LogP contribution in [0.15, 0.2) is 42.5 Å². The Kier molecular flexibility index (Phi) is 8.54. The van der Waals surface area contributed by atoms with Crippen molar-refractivity contribution in [2.45, 2.75) is 46.7 Å². The second kappa shape index (κ2) is 10.7. The summed E-state index contributed by atoms with van der Waals surface area (Å²) in [5, 5.41) is 3.89. The number of rotatable bonds is 8. The Morgan fingerprint density at radius 1 is 1.03 bits per heavy atom. The molecule has 0 aliphatic carbocycles. The van der Waals surface area contributed by atoms with E-state index in [1.165, 1.54) is 0 Å². The van der Waals surface area contributed by atoms with Gasteiger partial charge in [0.25, 0.3) is 0 Å². The number of hydrogen-bond acceptors (Lipinski definition) is 2. The molecule has 0 saturated heterocycles. The third-order valence-corrected chi connectivity index (χ3v) is 5.40. The van der Waals surface area contributed by atoms with E-state index in [2.05, 4.69) is 5.32 Å². The number of carbonyl (C=O) groups excluding carboxylic acids is 2. The highest BCUT2D eigenvalue weighted by atomic mass is 35.5. The van der Waals surface area contributed by atoms with Crippen LogP contribution in [0.5, 0.6) is 0 Å². The summed E-state index contributed by atoms with van der Waals surface area (Å²) in [5.74, 6) is 0.00653. The Labute approximate surface area is 183 Å². The third kappa shape index (κ3) is 6.76. The van der Waals surface area contributed by atoms with Gasteiger partial charge in [-0.2, -0.15) is 0 Å². The number of aryl methyl sites for hydroxylation is 1. The van der Waals surface area contributed by atoms with E-state index in [1.54, 1.807) is 30.0 Å². The van der Waals surface area contributed by atoms with Gasteiger partial charge in [0.15, 0.2) is 0 Å². The zero-order chi connectivity index (χ0) is 21.6. The highest BCUT2D eigenvalue weighted by Crippen LogP contribution is 2.23. The minimum absolute atomic E-state index is 0.101. The van der Waals surface area contributed by atoms with Gasteiger partial charge in [-0.1, -0.05) is 67.4 Å². The van der Waals surface area contributed by atoms with Gasteiger partial charge in [0.05, 0.1) is 6.42 Å². The maximum Gasteiger partial charge on any atom is 0.242 e. The summed E-state index contributed by atoms with van der Waals surface area (Å²) >= 11 is 12.2. The highest BCUT2D eigenvalue weighted by Gasteiger charge is 2.27. The molecule has 1 N–H and O–H groups in total. The third-order valence-electron chi connectivity index (χ3n) is 4.81. The van der Waals surface area contributed by atoms with Crippen molar-refractivity contribution in [3.8, 4) is 0 Å². The maximum atomic E-state index is 13.2. The lowest BCUT2D eigenvalue weighted by molar-refractivity contribution is -0.140. The van der Waals surface area contributed by atoms with Gasteiger partial charge >= 0.3 is 0 Å². The molecule has 0 aliphatic rings. The summed E-state index contributed by atoms with van der Waals surface area (Å²) in [6.07, 6.45) is 0.101. The minimum atomic E-state index is -0.605.